The molecule has 0 heterocycles. The maximum atomic E-state index is 10.6. The number of esters is 1. The van der Waals surface area contributed by atoms with E-state index in [-0.39, 0.29) is 18.7 Å². The van der Waals surface area contributed by atoms with Crippen molar-refractivity contribution in [3.8, 4) is 12.3 Å². The van der Waals surface area contributed by atoms with E-state index in [1.54, 1.807) is 6.92 Å². The van der Waals surface area contributed by atoms with Crippen molar-refractivity contribution in [2.24, 2.45) is 0 Å². The molecule has 0 spiro atoms. The van der Waals surface area contributed by atoms with Crippen LogP contribution in [0.15, 0.2) is 0 Å². The fourth-order valence-electron chi connectivity index (χ4n) is 0.392. The van der Waals surface area contributed by atoms with E-state index in [1.165, 1.54) is 0 Å². The summed E-state index contributed by atoms with van der Waals surface area (Å²) in [5, 5.41) is 6.98. The molecule has 0 aliphatic heterocycles. The second kappa shape index (κ2) is 4.57. The Balaban J connectivity index is 3.74. The number of hydrogen-bond donors (Lipinski definition) is 1. The summed E-state index contributed by atoms with van der Waals surface area (Å²) in [6.07, 6.45) is 4.91. The highest BCUT2D eigenvalue weighted by Crippen LogP contribution is 1.85. The fourth-order valence-corrected chi connectivity index (χ4v) is 0.392. The molecule has 3 nitrogen and oxygen atoms in total. The van der Waals surface area contributed by atoms with Gasteiger partial charge >= 0.3 is 5.97 Å². The largest absolute Gasteiger partial charge is 0.461 e. The van der Waals surface area contributed by atoms with Crippen LogP contribution in [-0.2, 0) is 9.53 Å². The predicted octanol–water partition coefficient (Wildman–Crippen LogP) is 0.593. The molecule has 54 valence electrons. The minimum atomic E-state index is -0.625. The van der Waals surface area contributed by atoms with Crippen molar-refractivity contribution in [2.75, 3.05) is 6.61 Å². The maximum Gasteiger partial charge on any atom is 0.352 e. The molecular weight excluding hydrogens is 130 g/mol. The lowest BCUT2D eigenvalue weighted by Gasteiger charge is -1.98. The van der Waals surface area contributed by atoms with Crippen molar-refractivity contribution in [3.05, 3.63) is 0 Å². The molecule has 0 bridgehead atoms. The molecule has 0 aliphatic rings. The third kappa shape index (κ3) is 2.88. The normalized spacial score (nSPS) is 8.00. The van der Waals surface area contributed by atoms with Crippen LogP contribution in [0.25, 0.3) is 0 Å². The maximum absolute atomic E-state index is 10.6. The van der Waals surface area contributed by atoms with E-state index in [2.05, 4.69) is 10.7 Å². The van der Waals surface area contributed by atoms with E-state index >= 15 is 0 Å². The summed E-state index contributed by atoms with van der Waals surface area (Å²) >= 11 is 0. The second-order valence-corrected chi connectivity index (χ2v) is 1.58. The molecule has 0 aliphatic carbocycles. The Morgan fingerprint density at radius 1 is 1.80 bits per heavy atom. The van der Waals surface area contributed by atoms with Gasteiger partial charge in [0.15, 0.2) is 0 Å². The highest BCUT2D eigenvalue weighted by atomic mass is 16.5. The van der Waals surface area contributed by atoms with Crippen molar-refractivity contribution >= 4 is 11.7 Å². The molecule has 0 aromatic rings. The number of terminal acetylenes is 1. The molecule has 0 aromatic carbocycles. The zero-order valence-corrected chi connectivity index (χ0v) is 5.81. The quantitative estimate of drug-likeness (QED) is 0.353. The van der Waals surface area contributed by atoms with Gasteiger partial charge in [0.2, 0.25) is 0 Å². The van der Waals surface area contributed by atoms with Crippen LogP contribution in [-0.4, -0.2) is 18.3 Å². The standard InChI is InChI=1S/C7H9NO2/c1-3-5-6(8)7(9)10-4-2/h1,8H,4-5H2,2H3. The van der Waals surface area contributed by atoms with E-state index in [0.717, 1.165) is 0 Å². The first-order valence-corrected chi connectivity index (χ1v) is 2.90. The van der Waals surface area contributed by atoms with Crippen molar-refractivity contribution in [2.45, 2.75) is 13.3 Å². The van der Waals surface area contributed by atoms with Crippen LogP contribution in [0.1, 0.15) is 13.3 Å². The van der Waals surface area contributed by atoms with E-state index in [4.69, 9.17) is 11.8 Å². The molecule has 0 saturated carbocycles. The van der Waals surface area contributed by atoms with Gasteiger partial charge in [-0.3, -0.25) is 5.41 Å². The van der Waals surface area contributed by atoms with Gasteiger partial charge in [-0.15, -0.1) is 12.3 Å². The average Bonchev–Trinajstić information content (AvgIpc) is 1.89. The minimum absolute atomic E-state index is 0.0405. The van der Waals surface area contributed by atoms with Gasteiger partial charge in [-0.2, -0.15) is 0 Å². The summed E-state index contributed by atoms with van der Waals surface area (Å²) in [6.45, 7) is 1.97. The Kier molecular flexibility index (Phi) is 3.97. The summed E-state index contributed by atoms with van der Waals surface area (Å²) in [5.41, 5.74) is -0.163. The minimum Gasteiger partial charge on any atom is -0.461 e. The molecule has 0 saturated heterocycles. The number of ether oxygens (including phenoxy) is 1. The van der Waals surface area contributed by atoms with Crippen LogP contribution < -0.4 is 0 Å². The average molecular weight is 139 g/mol. The summed E-state index contributed by atoms with van der Waals surface area (Å²) in [5.74, 6) is 1.56. The van der Waals surface area contributed by atoms with E-state index in [9.17, 15) is 4.79 Å². The Bertz CT molecular complexity index is 179. The predicted molar refractivity (Wildman–Crippen MR) is 37.8 cm³/mol. The van der Waals surface area contributed by atoms with Crippen molar-refractivity contribution in [3.63, 3.8) is 0 Å². The van der Waals surface area contributed by atoms with Crippen molar-refractivity contribution in [1.82, 2.24) is 0 Å². The molecule has 3 heteroatoms. The highest BCUT2D eigenvalue weighted by molar-refractivity contribution is 6.35. The lowest BCUT2D eigenvalue weighted by atomic mass is 10.3. The third-order valence-corrected chi connectivity index (χ3v) is 0.801. The van der Waals surface area contributed by atoms with E-state index < -0.39 is 5.97 Å². The monoisotopic (exact) mass is 139 g/mol. The van der Waals surface area contributed by atoms with Gasteiger partial charge in [-0.1, -0.05) is 0 Å². The van der Waals surface area contributed by atoms with Crippen LogP contribution in [0.5, 0.6) is 0 Å². The zero-order valence-electron chi connectivity index (χ0n) is 5.81. The van der Waals surface area contributed by atoms with E-state index in [1.807, 2.05) is 0 Å². The SMILES string of the molecule is C#CCC(=N)C(=O)OCC. The lowest BCUT2D eigenvalue weighted by Crippen LogP contribution is -2.15. The van der Waals surface area contributed by atoms with Gasteiger partial charge in [0.1, 0.15) is 5.71 Å². The molecule has 10 heavy (non-hydrogen) atoms. The number of nitrogens with one attached hydrogen (secondary N) is 1. The fraction of sp³-hybridized carbons (Fsp3) is 0.429. The highest BCUT2D eigenvalue weighted by Gasteiger charge is 2.06. The molecule has 0 unspecified atom stereocenters. The van der Waals surface area contributed by atoms with Gasteiger partial charge in [0.05, 0.1) is 13.0 Å². The summed E-state index contributed by atoms with van der Waals surface area (Å²) in [7, 11) is 0. The number of rotatable bonds is 3. The Labute approximate surface area is 59.9 Å². The third-order valence-electron chi connectivity index (χ3n) is 0.801. The Morgan fingerprint density at radius 2 is 2.40 bits per heavy atom. The lowest BCUT2D eigenvalue weighted by molar-refractivity contribution is -0.135. The molecule has 0 atom stereocenters. The van der Waals surface area contributed by atoms with Crippen LogP contribution in [0.3, 0.4) is 0 Å². The molecule has 0 fully saturated rings. The Hall–Kier alpha value is -1.30. The van der Waals surface area contributed by atoms with Crippen LogP contribution >= 0.6 is 0 Å². The van der Waals surface area contributed by atoms with Crippen LogP contribution in [0.4, 0.5) is 0 Å². The molecule has 1 N–H and O–H groups in total. The molecule has 0 radical (unpaired) electrons. The topological polar surface area (TPSA) is 50.2 Å². The van der Waals surface area contributed by atoms with Gasteiger partial charge in [-0.05, 0) is 6.92 Å². The Morgan fingerprint density at radius 3 is 2.80 bits per heavy atom. The molecular formula is C7H9NO2. The molecule has 0 rings (SSSR count). The first-order valence-electron chi connectivity index (χ1n) is 2.90. The number of carbonyl (C=O) groups excluding carboxylic acids is 1. The molecule has 0 amide bonds. The summed E-state index contributed by atoms with van der Waals surface area (Å²) in [6, 6.07) is 0. The van der Waals surface area contributed by atoms with Gasteiger partial charge in [0, 0.05) is 0 Å². The van der Waals surface area contributed by atoms with Crippen molar-refractivity contribution in [1.29, 1.82) is 5.41 Å². The van der Waals surface area contributed by atoms with Gasteiger partial charge in [-0.25, -0.2) is 4.79 Å². The van der Waals surface area contributed by atoms with Crippen LogP contribution in [0, 0.1) is 17.8 Å². The summed E-state index contributed by atoms with van der Waals surface area (Å²) in [4.78, 5) is 10.6. The smallest absolute Gasteiger partial charge is 0.352 e. The van der Waals surface area contributed by atoms with Crippen LogP contribution in [0.2, 0.25) is 0 Å². The first kappa shape index (κ1) is 8.70. The van der Waals surface area contributed by atoms with Crippen molar-refractivity contribution < 1.29 is 9.53 Å². The van der Waals surface area contributed by atoms with Gasteiger partial charge < -0.3 is 4.74 Å². The second-order valence-electron chi connectivity index (χ2n) is 1.58. The summed E-state index contributed by atoms with van der Waals surface area (Å²) < 4.78 is 4.50. The number of hydrogen-bond acceptors (Lipinski definition) is 3. The van der Waals surface area contributed by atoms with E-state index in [0.29, 0.717) is 0 Å². The molecule has 0 aromatic heterocycles. The zero-order chi connectivity index (χ0) is 7.98. The number of carbonyl (C=O) groups is 1. The van der Waals surface area contributed by atoms with Gasteiger partial charge in [0.25, 0.3) is 0 Å². The first-order chi connectivity index (χ1) is 4.72.